The number of amides is 1. The van der Waals surface area contributed by atoms with Crippen LogP contribution in [0.1, 0.15) is 24.0 Å². The molecule has 5 rings (SSSR count). The van der Waals surface area contributed by atoms with Gasteiger partial charge in [0.1, 0.15) is 5.52 Å². The van der Waals surface area contributed by atoms with Crippen LogP contribution in [0.15, 0.2) is 42.7 Å². The van der Waals surface area contributed by atoms with Crippen LogP contribution in [0.25, 0.3) is 10.2 Å². The van der Waals surface area contributed by atoms with Crippen LogP contribution < -0.4 is 4.90 Å². The quantitative estimate of drug-likeness (QED) is 0.685. The standard InChI is InChI=1S/C21H22N4OS/c26-20(25-12-6-15-3-1-2-4-17(15)14-25)16-7-10-24(11-8-16)21-23-18-13-22-9-5-19(18)27-21/h1-5,9,13,16H,6-8,10-12,14H2. The second-order valence-electron chi connectivity index (χ2n) is 7.38. The van der Waals surface area contributed by atoms with Crippen LogP contribution in [0.5, 0.6) is 0 Å². The Morgan fingerprint density at radius 1 is 1.07 bits per heavy atom. The summed E-state index contributed by atoms with van der Waals surface area (Å²) < 4.78 is 1.17. The zero-order valence-electron chi connectivity index (χ0n) is 15.2. The highest BCUT2D eigenvalue weighted by molar-refractivity contribution is 7.22. The topological polar surface area (TPSA) is 49.3 Å². The number of carbonyl (C=O) groups is 1. The smallest absolute Gasteiger partial charge is 0.226 e. The Balaban J connectivity index is 1.23. The van der Waals surface area contributed by atoms with Gasteiger partial charge in [-0.1, -0.05) is 35.6 Å². The van der Waals surface area contributed by atoms with Crippen LogP contribution in [0, 0.1) is 5.92 Å². The molecule has 1 amide bonds. The molecule has 0 N–H and O–H groups in total. The number of benzene rings is 1. The number of aromatic nitrogens is 2. The molecule has 1 saturated heterocycles. The van der Waals surface area contributed by atoms with Crippen molar-refractivity contribution >= 4 is 32.6 Å². The number of carbonyl (C=O) groups excluding carboxylic acids is 1. The van der Waals surface area contributed by atoms with E-state index in [1.165, 1.54) is 15.8 Å². The molecule has 0 aliphatic carbocycles. The Hall–Kier alpha value is -2.47. The van der Waals surface area contributed by atoms with Crippen molar-refractivity contribution in [3.8, 4) is 0 Å². The van der Waals surface area contributed by atoms with E-state index in [4.69, 9.17) is 4.98 Å². The van der Waals surface area contributed by atoms with Crippen LogP contribution in [0.2, 0.25) is 0 Å². The first-order valence-electron chi connectivity index (χ1n) is 9.59. The molecule has 1 fully saturated rings. The Labute approximate surface area is 162 Å². The maximum absolute atomic E-state index is 13.0. The minimum absolute atomic E-state index is 0.141. The van der Waals surface area contributed by atoms with Gasteiger partial charge in [0.15, 0.2) is 5.13 Å². The Morgan fingerprint density at radius 2 is 1.89 bits per heavy atom. The van der Waals surface area contributed by atoms with Crippen LogP contribution >= 0.6 is 11.3 Å². The highest BCUT2D eigenvalue weighted by atomic mass is 32.1. The summed E-state index contributed by atoms with van der Waals surface area (Å²) in [7, 11) is 0. The average molecular weight is 379 g/mol. The predicted octanol–water partition coefficient (Wildman–Crippen LogP) is 3.49. The summed E-state index contributed by atoms with van der Waals surface area (Å²) in [6, 6.07) is 10.5. The summed E-state index contributed by atoms with van der Waals surface area (Å²) in [5.41, 5.74) is 3.65. The number of fused-ring (bicyclic) bond motifs is 2. The van der Waals surface area contributed by atoms with E-state index < -0.39 is 0 Å². The van der Waals surface area contributed by atoms with E-state index in [2.05, 4.69) is 39.0 Å². The minimum Gasteiger partial charge on any atom is -0.348 e. The van der Waals surface area contributed by atoms with Crippen LogP contribution in [0.4, 0.5) is 5.13 Å². The number of rotatable bonds is 2. The van der Waals surface area contributed by atoms with Gasteiger partial charge in [0.25, 0.3) is 0 Å². The van der Waals surface area contributed by atoms with Crippen molar-refractivity contribution in [3.63, 3.8) is 0 Å². The van der Waals surface area contributed by atoms with Gasteiger partial charge < -0.3 is 9.80 Å². The SMILES string of the molecule is O=C(C1CCN(c2nc3cnccc3s2)CC1)N1CCc2ccccc2C1. The molecule has 5 nitrogen and oxygen atoms in total. The summed E-state index contributed by atoms with van der Waals surface area (Å²) in [6.45, 7) is 3.41. The van der Waals surface area contributed by atoms with E-state index in [9.17, 15) is 4.79 Å². The third kappa shape index (κ3) is 3.18. The molecule has 2 aliphatic rings. The molecule has 0 bridgehead atoms. The molecule has 27 heavy (non-hydrogen) atoms. The summed E-state index contributed by atoms with van der Waals surface area (Å²) in [5, 5.41) is 1.05. The molecular weight excluding hydrogens is 356 g/mol. The van der Waals surface area contributed by atoms with Crippen molar-refractivity contribution in [2.75, 3.05) is 24.5 Å². The van der Waals surface area contributed by atoms with Gasteiger partial charge in [-0.25, -0.2) is 4.98 Å². The minimum atomic E-state index is 0.141. The Morgan fingerprint density at radius 3 is 2.70 bits per heavy atom. The molecule has 0 atom stereocenters. The Kier molecular flexibility index (Phi) is 4.28. The third-order valence-electron chi connectivity index (χ3n) is 5.74. The fourth-order valence-corrected chi connectivity index (χ4v) is 5.15. The summed E-state index contributed by atoms with van der Waals surface area (Å²) in [6.07, 6.45) is 6.42. The van der Waals surface area contributed by atoms with Gasteiger partial charge in [0, 0.05) is 38.3 Å². The molecule has 0 saturated carbocycles. The average Bonchev–Trinajstić information content (AvgIpc) is 3.17. The molecule has 2 aliphatic heterocycles. The second kappa shape index (κ2) is 6.93. The van der Waals surface area contributed by atoms with E-state index in [0.717, 1.165) is 56.1 Å². The van der Waals surface area contributed by atoms with Gasteiger partial charge >= 0.3 is 0 Å². The largest absolute Gasteiger partial charge is 0.348 e. The third-order valence-corrected chi connectivity index (χ3v) is 6.83. The fourth-order valence-electron chi connectivity index (χ4n) is 4.16. The first kappa shape index (κ1) is 16.7. The van der Waals surface area contributed by atoms with E-state index in [1.54, 1.807) is 11.3 Å². The maximum atomic E-state index is 13.0. The van der Waals surface area contributed by atoms with Crippen LogP contribution in [-0.2, 0) is 17.8 Å². The van der Waals surface area contributed by atoms with E-state index in [1.807, 2.05) is 18.5 Å². The van der Waals surface area contributed by atoms with Crippen molar-refractivity contribution in [1.82, 2.24) is 14.9 Å². The number of pyridine rings is 1. The number of hydrogen-bond donors (Lipinski definition) is 0. The highest BCUT2D eigenvalue weighted by Crippen LogP contribution is 2.32. The molecule has 3 aromatic rings. The number of thiazole rings is 1. The van der Waals surface area contributed by atoms with Gasteiger partial charge in [0.2, 0.25) is 5.91 Å². The zero-order chi connectivity index (χ0) is 18.2. The lowest BCUT2D eigenvalue weighted by Gasteiger charge is -2.36. The van der Waals surface area contributed by atoms with E-state index >= 15 is 0 Å². The van der Waals surface area contributed by atoms with Gasteiger partial charge in [-0.05, 0) is 36.5 Å². The second-order valence-corrected chi connectivity index (χ2v) is 8.39. The Bertz CT molecular complexity index is 944. The number of anilines is 1. The van der Waals surface area contributed by atoms with Gasteiger partial charge in [-0.2, -0.15) is 0 Å². The zero-order valence-corrected chi connectivity index (χ0v) is 16.0. The molecule has 0 radical (unpaired) electrons. The lowest BCUT2D eigenvalue weighted by molar-refractivity contribution is -0.137. The van der Waals surface area contributed by atoms with E-state index in [0.29, 0.717) is 5.91 Å². The van der Waals surface area contributed by atoms with Crippen LogP contribution in [-0.4, -0.2) is 40.4 Å². The van der Waals surface area contributed by atoms with Gasteiger partial charge in [0.05, 0.1) is 10.9 Å². The summed E-state index contributed by atoms with van der Waals surface area (Å²) >= 11 is 1.71. The first-order valence-corrected chi connectivity index (χ1v) is 10.4. The normalized spacial score (nSPS) is 17.9. The number of hydrogen-bond acceptors (Lipinski definition) is 5. The number of piperidine rings is 1. The molecule has 4 heterocycles. The molecule has 138 valence electrons. The fraction of sp³-hybridized carbons (Fsp3) is 0.381. The van der Waals surface area contributed by atoms with Crippen LogP contribution in [0.3, 0.4) is 0 Å². The monoisotopic (exact) mass is 378 g/mol. The predicted molar refractivity (Wildman–Crippen MR) is 108 cm³/mol. The van der Waals surface area contributed by atoms with Crippen molar-refractivity contribution in [2.45, 2.75) is 25.8 Å². The molecule has 6 heteroatoms. The molecule has 0 spiro atoms. The lowest BCUT2D eigenvalue weighted by atomic mass is 9.93. The molecule has 0 unspecified atom stereocenters. The van der Waals surface area contributed by atoms with Gasteiger partial charge in [-0.3, -0.25) is 9.78 Å². The molecular formula is C21H22N4OS. The van der Waals surface area contributed by atoms with Crippen molar-refractivity contribution in [3.05, 3.63) is 53.9 Å². The summed E-state index contributed by atoms with van der Waals surface area (Å²) in [4.78, 5) is 26.3. The molecule has 1 aromatic carbocycles. The van der Waals surface area contributed by atoms with E-state index in [-0.39, 0.29) is 5.92 Å². The van der Waals surface area contributed by atoms with Crippen molar-refractivity contribution in [1.29, 1.82) is 0 Å². The number of nitrogens with zero attached hydrogens (tertiary/aromatic N) is 4. The van der Waals surface area contributed by atoms with Crippen molar-refractivity contribution < 1.29 is 4.79 Å². The highest BCUT2D eigenvalue weighted by Gasteiger charge is 2.31. The lowest BCUT2D eigenvalue weighted by Crippen LogP contribution is -2.44. The maximum Gasteiger partial charge on any atom is 0.226 e. The van der Waals surface area contributed by atoms with Crippen molar-refractivity contribution in [2.24, 2.45) is 5.92 Å². The first-order chi connectivity index (χ1) is 13.3. The van der Waals surface area contributed by atoms with Gasteiger partial charge in [-0.15, -0.1) is 0 Å². The summed E-state index contributed by atoms with van der Waals surface area (Å²) in [5.74, 6) is 0.472. The molecule has 2 aromatic heterocycles.